The fraction of sp³-hybridized carbons (Fsp3) is 0.185. The first kappa shape index (κ1) is 21.3. The van der Waals surface area contributed by atoms with E-state index in [1.165, 1.54) is 5.56 Å². The first-order chi connectivity index (χ1) is 16.1. The molecule has 0 radical (unpaired) electrons. The van der Waals surface area contributed by atoms with Crippen LogP contribution in [0.3, 0.4) is 0 Å². The number of aromatic amines is 1. The van der Waals surface area contributed by atoms with Crippen LogP contribution in [-0.4, -0.2) is 15.9 Å². The number of urea groups is 1. The Kier molecular flexibility index (Phi) is 5.88. The van der Waals surface area contributed by atoms with E-state index in [0.29, 0.717) is 16.3 Å². The average Bonchev–Trinajstić information content (AvgIpc) is 2.84. The number of hydrogen-bond donors (Lipinski definition) is 2. The van der Waals surface area contributed by atoms with Gasteiger partial charge in [-0.1, -0.05) is 66.2 Å². The minimum atomic E-state index is -0.280. The maximum atomic E-state index is 13.6. The van der Waals surface area contributed by atoms with Crippen molar-refractivity contribution >= 4 is 34.2 Å². The summed E-state index contributed by atoms with van der Waals surface area (Å²) in [5.74, 6) is 0. The van der Waals surface area contributed by atoms with Crippen molar-refractivity contribution in [2.24, 2.45) is 0 Å². The van der Waals surface area contributed by atoms with E-state index in [1.807, 2.05) is 54.6 Å². The van der Waals surface area contributed by atoms with Gasteiger partial charge in [-0.15, -0.1) is 0 Å². The fourth-order valence-corrected chi connectivity index (χ4v) is 4.80. The summed E-state index contributed by atoms with van der Waals surface area (Å²) in [5, 5.41) is 4.36. The van der Waals surface area contributed by atoms with E-state index in [0.717, 1.165) is 35.7 Å². The molecule has 4 aromatic rings. The monoisotopic (exact) mass is 457 g/mol. The maximum absolute atomic E-state index is 13.6. The number of carbonyl (C=O) groups excluding carboxylic acids is 1. The number of nitrogens with one attached hydrogen (secondary N) is 2. The molecule has 5 nitrogen and oxygen atoms in total. The first-order valence-electron chi connectivity index (χ1n) is 11.1. The Labute approximate surface area is 197 Å². The molecule has 1 aliphatic rings. The molecular weight excluding hydrogens is 434 g/mol. The Morgan fingerprint density at radius 1 is 1.03 bits per heavy atom. The second-order valence-electron chi connectivity index (χ2n) is 8.36. The molecule has 5 rings (SSSR count). The summed E-state index contributed by atoms with van der Waals surface area (Å²) >= 11 is 6.30. The number of fused-ring (bicyclic) bond motifs is 2. The van der Waals surface area contributed by atoms with Crippen molar-refractivity contribution in [2.75, 3.05) is 5.32 Å². The Hall–Kier alpha value is -3.57. The zero-order valence-electron chi connectivity index (χ0n) is 18.1. The number of anilines is 1. The number of benzene rings is 3. The van der Waals surface area contributed by atoms with E-state index in [9.17, 15) is 9.59 Å². The summed E-state index contributed by atoms with van der Waals surface area (Å²) in [6.45, 7) is 0.190. The summed E-state index contributed by atoms with van der Waals surface area (Å²) in [6.07, 6.45) is 2.80. The lowest BCUT2D eigenvalue weighted by atomic mass is 9.86. The zero-order valence-corrected chi connectivity index (χ0v) is 18.8. The third-order valence-corrected chi connectivity index (χ3v) is 6.59. The van der Waals surface area contributed by atoms with Crippen molar-refractivity contribution in [3.63, 3.8) is 0 Å². The lowest BCUT2D eigenvalue weighted by Crippen LogP contribution is -2.40. The van der Waals surface area contributed by atoms with Crippen molar-refractivity contribution in [1.29, 1.82) is 0 Å². The topological polar surface area (TPSA) is 65.2 Å². The molecule has 2 amide bonds. The minimum Gasteiger partial charge on any atom is -0.322 e. The van der Waals surface area contributed by atoms with Crippen LogP contribution >= 0.6 is 11.6 Å². The van der Waals surface area contributed by atoms with Crippen molar-refractivity contribution in [2.45, 2.75) is 31.8 Å². The average molecular weight is 458 g/mol. The molecule has 0 aliphatic heterocycles. The number of aryl methyl sites for hydroxylation is 1. The van der Waals surface area contributed by atoms with Gasteiger partial charge in [0.25, 0.3) is 5.56 Å². The van der Waals surface area contributed by atoms with Gasteiger partial charge in [0.2, 0.25) is 0 Å². The van der Waals surface area contributed by atoms with Crippen molar-refractivity contribution in [3.8, 4) is 0 Å². The Balaban J connectivity index is 1.55. The molecule has 1 aliphatic carbocycles. The molecule has 0 saturated carbocycles. The normalized spacial score (nSPS) is 15.1. The van der Waals surface area contributed by atoms with Crippen LogP contribution in [0.15, 0.2) is 83.7 Å². The predicted molar refractivity (Wildman–Crippen MR) is 133 cm³/mol. The van der Waals surface area contributed by atoms with Crippen LogP contribution in [0.5, 0.6) is 0 Å². The van der Waals surface area contributed by atoms with Gasteiger partial charge in [0.1, 0.15) is 0 Å². The fourth-order valence-electron chi connectivity index (χ4n) is 4.62. The Morgan fingerprint density at radius 3 is 2.67 bits per heavy atom. The molecular formula is C27H24ClN3O2. The molecule has 3 aromatic carbocycles. The molecule has 1 atom stereocenters. The molecule has 0 saturated heterocycles. The summed E-state index contributed by atoms with van der Waals surface area (Å²) in [6, 6.07) is 24.5. The van der Waals surface area contributed by atoms with Gasteiger partial charge in [0.05, 0.1) is 23.3 Å². The van der Waals surface area contributed by atoms with E-state index in [1.54, 1.807) is 17.0 Å². The SMILES string of the molecule is O=C(Nc1ccccc1Cl)N(Cc1cc2ccccc2[nH]c1=O)C1CCCc2ccccc21. The maximum Gasteiger partial charge on any atom is 0.322 e. The van der Waals surface area contributed by atoms with E-state index in [-0.39, 0.29) is 24.2 Å². The predicted octanol–water partition coefficient (Wildman–Crippen LogP) is 6.29. The van der Waals surface area contributed by atoms with Crippen molar-refractivity contribution in [3.05, 3.63) is 111 Å². The molecule has 166 valence electrons. The first-order valence-corrected chi connectivity index (χ1v) is 11.5. The van der Waals surface area contributed by atoms with E-state index < -0.39 is 0 Å². The number of pyridine rings is 1. The summed E-state index contributed by atoms with van der Waals surface area (Å²) in [5.41, 5.74) is 4.07. The third kappa shape index (κ3) is 4.37. The molecule has 2 N–H and O–H groups in total. The number of H-pyrrole nitrogens is 1. The van der Waals surface area contributed by atoms with Crippen LogP contribution in [0.4, 0.5) is 10.5 Å². The largest absolute Gasteiger partial charge is 0.322 e. The van der Waals surface area contributed by atoms with Crippen LogP contribution in [0.25, 0.3) is 10.9 Å². The number of rotatable bonds is 4. The number of nitrogens with zero attached hydrogens (tertiary/aromatic N) is 1. The second-order valence-corrected chi connectivity index (χ2v) is 8.76. The van der Waals surface area contributed by atoms with Gasteiger partial charge < -0.3 is 15.2 Å². The number of halogens is 1. The van der Waals surface area contributed by atoms with Gasteiger partial charge in [0, 0.05) is 11.1 Å². The Morgan fingerprint density at radius 2 is 1.79 bits per heavy atom. The molecule has 0 bridgehead atoms. The lowest BCUT2D eigenvalue weighted by Gasteiger charge is -2.36. The molecule has 6 heteroatoms. The van der Waals surface area contributed by atoms with Crippen LogP contribution in [0, 0.1) is 0 Å². The summed E-state index contributed by atoms with van der Waals surface area (Å²) in [4.78, 5) is 31.2. The molecule has 0 fully saturated rings. The molecule has 0 spiro atoms. The van der Waals surface area contributed by atoms with E-state index in [2.05, 4.69) is 22.4 Å². The number of aromatic nitrogens is 1. The van der Waals surface area contributed by atoms with Crippen LogP contribution in [-0.2, 0) is 13.0 Å². The van der Waals surface area contributed by atoms with Crippen LogP contribution in [0.1, 0.15) is 35.6 Å². The highest BCUT2D eigenvalue weighted by molar-refractivity contribution is 6.33. The molecule has 1 heterocycles. The van der Waals surface area contributed by atoms with Gasteiger partial charge in [-0.3, -0.25) is 4.79 Å². The van der Waals surface area contributed by atoms with E-state index in [4.69, 9.17) is 11.6 Å². The highest BCUT2D eigenvalue weighted by Gasteiger charge is 2.30. The summed E-state index contributed by atoms with van der Waals surface area (Å²) in [7, 11) is 0. The smallest absolute Gasteiger partial charge is 0.322 e. The molecule has 1 aromatic heterocycles. The van der Waals surface area contributed by atoms with Gasteiger partial charge in [-0.25, -0.2) is 4.79 Å². The number of hydrogen-bond acceptors (Lipinski definition) is 2. The van der Waals surface area contributed by atoms with Gasteiger partial charge in [-0.05, 0) is 60.0 Å². The van der Waals surface area contributed by atoms with Crippen LogP contribution in [0.2, 0.25) is 5.02 Å². The molecule has 1 unspecified atom stereocenters. The number of para-hydroxylation sites is 2. The van der Waals surface area contributed by atoms with Gasteiger partial charge >= 0.3 is 6.03 Å². The zero-order chi connectivity index (χ0) is 22.8. The third-order valence-electron chi connectivity index (χ3n) is 6.26. The highest BCUT2D eigenvalue weighted by atomic mass is 35.5. The summed E-state index contributed by atoms with van der Waals surface area (Å²) < 4.78 is 0. The van der Waals surface area contributed by atoms with Crippen molar-refractivity contribution in [1.82, 2.24) is 9.88 Å². The number of carbonyl (C=O) groups is 1. The quantitative estimate of drug-likeness (QED) is 0.378. The number of amides is 2. The highest BCUT2D eigenvalue weighted by Crippen LogP contribution is 2.36. The molecule has 33 heavy (non-hydrogen) atoms. The second kappa shape index (κ2) is 9.12. The Bertz CT molecular complexity index is 1380. The minimum absolute atomic E-state index is 0.136. The van der Waals surface area contributed by atoms with Crippen molar-refractivity contribution < 1.29 is 4.79 Å². The van der Waals surface area contributed by atoms with Gasteiger partial charge in [0.15, 0.2) is 0 Å². The standard InChI is InChI=1S/C27H24ClN3O2/c28-22-12-4-6-14-24(22)30-27(33)31(25-15-7-10-18-8-1-3-11-21(18)25)17-20-16-19-9-2-5-13-23(19)29-26(20)32/h1-6,8-9,11-14,16,25H,7,10,15,17H2,(H,29,32)(H,30,33). The van der Waals surface area contributed by atoms with Crippen LogP contribution < -0.4 is 10.9 Å². The van der Waals surface area contributed by atoms with E-state index >= 15 is 0 Å². The lowest BCUT2D eigenvalue weighted by molar-refractivity contribution is 0.175. The van der Waals surface area contributed by atoms with Gasteiger partial charge in [-0.2, -0.15) is 0 Å².